The molecule has 0 saturated carbocycles. The Kier molecular flexibility index (Phi) is 8.17. The monoisotopic (exact) mass is 532 g/mol. The lowest BCUT2D eigenvalue weighted by Crippen LogP contribution is -2.53. The van der Waals surface area contributed by atoms with Crippen molar-refractivity contribution in [2.45, 2.75) is 26.8 Å². The number of carbonyl (C=O) groups excluding carboxylic acids is 3. The lowest BCUT2D eigenvalue weighted by Gasteiger charge is -2.26. The molecule has 0 atom stereocenters. The number of phenolic OH excluding ortho intramolecular Hbond substituents is 1. The summed E-state index contributed by atoms with van der Waals surface area (Å²) in [6.45, 7) is 4.51. The molecular weight excluding hydrogens is 508 g/mol. The molecule has 0 aliphatic carbocycles. The van der Waals surface area contributed by atoms with Crippen LogP contribution in [0.4, 0.5) is 4.79 Å². The number of ether oxygens (including phenoxy) is 3. The number of urea groups is 1. The van der Waals surface area contributed by atoms with Crippen LogP contribution < -0.4 is 19.5 Å². The number of nitrogens with zero attached hydrogens (tertiary/aromatic N) is 1. The molecule has 0 bridgehead atoms. The van der Waals surface area contributed by atoms with Crippen molar-refractivity contribution in [3.63, 3.8) is 0 Å². The van der Waals surface area contributed by atoms with Crippen LogP contribution in [0.3, 0.4) is 0 Å². The second-order valence-electron chi connectivity index (χ2n) is 7.32. The van der Waals surface area contributed by atoms with E-state index in [0.29, 0.717) is 40.3 Å². The molecule has 34 heavy (non-hydrogen) atoms. The number of aromatic hydroxyl groups is 1. The minimum atomic E-state index is -0.820. The van der Waals surface area contributed by atoms with E-state index in [2.05, 4.69) is 21.2 Å². The van der Waals surface area contributed by atoms with Crippen LogP contribution in [-0.4, -0.2) is 48.2 Å². The van der Waals surface area contributed by atoms with Gasteiger partial charge in [-0.05, 0) is 70.7 Å². The number of carbonyl (C=O) groups is 3. The van der Waals surface area contributed by atoms with Gasteiger partial charge in [0.1, 0.15) is 5.57 Å². The predicted octanol–water partition coefficient (Wildman–Crippen LogP) is 4.01. The molecule has 1 aliphatic heterocycles. The fourth-order valence-electron chi connectivity index (χ4n) is 3.27. The van der Waals surface area contributed by atoms with E-state index in [1.165, 1.54) is 25.3 Å². The summed E-state index contributed by atoms with van der Waals surface area (Å²) in [6, 6.07) is 7.32. The Morgan fingerprint density at radius 1 is 1.06 bits per heavy atom. The first-order chi connectivity index (χ1) is 16.3. The predicted molar refractivity (Wildman–Crippen MR) is 128 cm³/mol. The topological polar surface area (TPSA) is 114 Å². The van der Waals surface area contributed by atoms with Crippen LogP contribution in [0.25, 0.3) is 6.08 Å². The highest BCUT2D eigenvalue weighted by molar-refractivity contribution is 9.10. The molecule has 1 saturated heterocycles. The van der Waals surface area contributed by atoms with Crippen molar-refractivity contribution in [1.29, 1.82) is 0 Å². The summed E-state index contributed by atoms with van der Waals surface area (Å²) in [4.78, 5) is 38.9. The van der Waals surface area contributed by atoms with Crippen molar-refractivity contribution in [3.05, 3.63) is 51.5 Å². The van der Waals surface area contributed by atoms with Crippen molar-refractivity contribution >= 4 is 39.9 Å². The van der Waals surface area contributed by atoms with Crippen molar-refractivity contribution in [2.24, 2.45) is 0 Å². The van der Waals surface area contributed by atoms with Crippen LogP contribution in [0.1, 0.15) is 31.4 Å². The molecule has 0 radical (unpaired) electrons. The Balaban J connectivity index is 1.90. The van der Waals surface area contributed by atoms with Crippen LogP contribution in [0, 0.1) is 0 Å². The van der Waals surface area contributed by atoms with Crippen LogP contribution in [0.5, 0.6) is 23.0 Å². The van der Waals surface area contributed by atoms with E-state index < -0.39 is 17.8 Å². The van der Waals surface area contributed by atoms with Crippen LogP contribution >= 0.6 is 15.9 Å². The average molecular weight is 533 g/mol. The van der Waals surface area contributed by atoms with Gasteiger partial charge in [0.15, 0.2) is 23.0 Å². The normalized spacial score (nSPS) is 14.9. The number of benzene rings is 2. The number of amides is 4. The van der Waals surface area contributed by atoms with Gasteiger partial charge in [-0.25, -0.2) is 4.79 Å². The summed E-state index contributed by atoms with van der Waals surface area (Å²) in [5.41, 5.74) is 0.818. The maximum Gasteiger partial charge on any atom is 0.331 e. The first-order valence-corrected chi connectivity index (χ1v) is 11.4. The number of hydrogen-bond donors (Lipinski definition) is 2. The number of rotatable bonds is 9. The number of hydrogen-bond acceptors (Lipinski definition) is 7. The van der Waals surface area contributed by atoms with E-state index in [4.69, 9.17) is 14.2 Å². The molecule has 2 N–H and O–H groups in total. The highest BCUT2D eigenvalue weighted by Gasteiger charge is 2.36. The quantitative estimate of drug-likeness (QED) is 0.370. The van der Waals surface area contributed by atoms with Gasteiger partial charge in [-0.2, -0.15) is 0 Å². The van der Waals surface area contributed by atoms with E-state index in [1.54, 1.807) is 25.1 Å². The van der Waals surface area contributed by atoms with Gasteiger partial charge in [0.05, 0.1) is 31.3 Å². The smallest absolute Gasteiger partial charge is 0.331 e. The molecular formula is C24H25BrN2O7. The molecule has 0 unspecified atom stereocenters. The molecule has 0 aromatic heterocycles. The standard InChI is InChI=1S/C24H25BrN2O7/c1-4-8-34-18-7-6-14(11-19(18)32-3)13-27-23(30)16(22(29)26-24(27)31)9-15-10-17(25)21(28)20(12-15)33-5-2/h6-7,9-12,28H,4-5,8,13H2,1-3H3,(H,26,29,31)/b16-9+. The lowest BCUT2D eigenvalue weighted by molar-refractivity contribution is -0.130. The number of barbiturate groups is 1. The third kappa shape index (κ3) is 5.51. The molecule has 2 aromatic rings. The van der Waals surface area contributed by atoms with E-state index in [9.17, 15) is 19.5 Å². The van der Waals surface area contributed by atoms with Gasteiger partial charge < -0.3 is 19.3 Å². The Hall–Kier alpha value is -3.53. The average Bonchev–Trinajstić information content (AvgIpc) is 2.81. The molecule has 3 rings (SSSR count). The second-order valence-corrected chi connectivity index (χ2v) is 8.18. The highest BCUT2D eigenvalue weighted by Crippen LogP contribution is 2.36. The van der Waals surface area contributed by atoms with Gasteiger partial charge in [0.2, 0.25) is 0 Å². The molecule has 180 valence electrons. The first kappa shape index (κ1) is 25.1. The molecule has 10 heteroatoms. The molecule has 9 nitrogen and oxygen atoms in total. The zero-order valence-corrected chi connectivity index (χ0v) is 20.6. The molecule has 1 fully saturated rings. The Bertz CT molecular complexity index is 1150. The maximum atomic E-state index is 13.1. The number of methoxy groups -OCH3 is 1. The van der Waals surface area contributed by atoms with Gasteiger partial charge in [-0.3, -0.25) is 19.8 Å². The minimum Gasteiger partial charge on any atom is -0.503 e. The van der Waals surface area contributed by atoms with Crippen LogP contribution in [0.15, 0.2) is 40.4 Å². The summed E-state index contributed by atoms with van der Waals surface area (Å²) in [7, 11) is 1.50. The fraction of sp³-hybridized carbons (Fsp3) is 0.292. The van der Waals surface area contributed by atoms with Crippen LogP contribution in [-0.2, 0) is 16.1 Å². The van der Waals surface area contributed by atoms with Crippen LogP contribution in [0.2, 0.25) is 0 Å². The summed E-state index contributed by atoms with van der Waals surface area (Å²) in [5.74, 6) is -0.435. The van der Waals surface area contributed by atoms with Crippen molar-refractivity contribution in [3.8, 4) is 23.0 Å². The number of nitrogens with one attached hydrogen (secondary N) is 1. The Labute approximate surface area is 205 Å². The second kappa shape index (κ2) is 11.1. The Morgan fingerprint density at radius 2 is 1.82 bits per heavy atom. The zero-order chi connectivity index (χ0) is 24.8. The van der Waals surface area contributed by atoms with Crippen molar-refractivity contribution < 1.29 is 33.7 Å². The van der Waals surface area contributed by atoms with Gasteiger partial charge in [0.25, 0.3) is 11.8 Å². The Morgan fingerprint density at radius 3 is 2.50 bits per heavy atom. The summed E-state index contributed by atoms with van der Waals surface area (Å²) < 4.78 is 16.7. The highest BCUT2D eigenvalue weighted by atomic mass is 79.9. The van der Waals surface area contributed by atoms with E-state index in [1.807, 2.05) is 6.92 Å². The van der Waals surface area contributed by atoms with Gasteiger partial charge in [-0.15, -0.1) is 0 Å². The van der Waals surface area contributed by atoms with Gasteiger partial charge in [-0.1, -0.05) is 13.0 Å². The molecule has 0 spiro atoms. The summed E-state index contributed by atoms with van der Waals surface area (Å²) >= 11 is 3.23. The van der Waals surface area contributed by atoms with Gasteiger partial charge >= 0.3 is 6.03 Å². The van der Waals surface area contributed by atoms with Gasteiger partial charge in [0, 0.05) is 0 Å². The number of halogens is 1. The first-order valence-electron chi connectivity index (χ1n) is 10.6. The summed E-state index contributed by atoms with van der Waals surface area (Å²) in [5, 5.41) is 12.3. The number of imide groups is 2. The number of phenols is 1. The van der Waals surface area contributed by atoms with E-state index in [-0.39, 0.29) is 23.6 Å². The third-order valence-corrected chi connectivity index (χ3v) is 5.48. The zero-order valence-electron chi connectivity index (χ0n) is 19.0. The largest absolute Gasteiger partial charge is 0.503 e. The lowest BCUT2D eigenvalue weighted by atomic mass is 10.1. The van der Waals surface area contributed by atoms with Crippen molar-refractivity contribution in [1.82, 2.24) is 10.2 Å². The molecule has 1 heterocycles. The van der Waals surface area contributed by atoms with E-state index in [0.717, 1.165) is 11.3 Å². The summed E-state index contributed by atoms with van der Waals surface area (Å²) in [6.07, 6.45) is 2.17. The third-order valence-electron chi connectivity index (χ3n) is 4.88. The van der Waals surface area contributed by atoms with E-state index >= 15 is 0 Å². The molecule has 4 amide bonds. The molecule has 2 aromatic carbocycles. The fourth-order valence-corrected chi connectivity index (χ4v) is 3.73. The maximum absolute atomic E-state index is 13.1. The SMILES string of the molecule is CCCOc1ccc(CN2C(=O)NC(=O)/C(=C\c3cc(Br)c(O)c(OCC)c3)C2=O)cc1OC. The minimum absolute atomic E-state index is 0.0802. The molecule has 1 aliphatic rings. The van der Waals surface area contributed by atoms with Crippen molar-refractivity contribution in [2.75, 3.05) is 20.3 Å².